The minimum Gasteiger partial charge on any atom is -0.459 e. The minimum atomic E-state index is -0.553. The Labute approximate surface area is 169 Å². The summed E-state index contributed by atoms with van der Waals surface area (Å²) in [7, 11) is 4.72. The van der Waals surface area contributed by atoms with Crippen LogP contribution in [-0.4, -0.2) is 82.7 Å². The fourth-order valence-electron chi connectivity index (χ4n) is 2.76. The Morgan fingerprint density at radius 3 is 2.79 bits per heavy atom. The quantitative estimate of drug-likeness (QED) is 0.410. The molecule has 1 aromatic rings. The second-order valence-corrected chi connectivity index (χ2v) is 7.21. The summed E-state index contributed by atoms with van der Waals surface area (Å²) in [5, 5.41) is 10.8. The van der Waals surface area contributed by atoms with Gasteiger partial charge in [-0.05, 0) is 17.5 Å². The molecule has 0 unspecified atom stereocenters. The standard InChI is InChI=1S/C19H29NO7S/c1-20(13-18(23-2)24-3)19(22)15-11-14(16-5-4-10-28-16)12-17(27-15)26-9-8-25-7-6-21/h4-5,10-11,14,17-18,21H,6-9,12-13H2,1-3H3/t14-,17+/m1/s1. The van der Waals surface area contributed by atoms with E-state index in [9.17, 15) is 4.79 Å². The Kier molecular flexibility index (Phi) is 9.89. The normalized spacial score (nSPS) is 19.4. The molecule has 0 aliphatic carbocycles. The lowest BCUT2D eigenvalue weighted by Gasteiger charge is -2.31. The van der Waals surface area contributed by atoms with E-state index in [2.05, 4.69) is 0 Å². The number of hydrogen-bond donors (Lipinski definition) is 1. The van der Waals surface area contributed by atoms with Crippen LogP contribution < -0.4 is 0 Å². The fourth-order valence-corrected chi connectivity index (χ4v) is 3.57. The Bertz CT molecular complexity index is 603. The number of likely N-dealkylation sites (N-methyl/N-ethyl adjacent to an activating group) is 1. The highest BCUT2D eigenvalue weighted by molar-refractivity contribution is 7.10. The number of nitrogens with zero attached hydrogens (tertiary/aromatic N) is 1. The first-order valence-corrected chi connectivity index (χ1v) is 10.00. The second-order valence-electron chi connectivity index (χ2n) is 6.23. The molecule has 1 aromatic heterocycles. The van der Waals surface area contributed by atoms with Crippen LogP contribution in [0.2, 0.25) is 0 Å². The molecule has 0 aromatic carbocycles. The van der Waals surface area contributed by atoms with Gasteiger partial charge in [0.1, 0.15) is 0 Å². The molecule has 0 fully saturated rings. The molecule has 0 radical (unpaired) electrons. The average molecular weight is 416 g/mol. The van der Waals surface area contributed by atoms with Gasteiger partial charge in [0, 0.05) is 38.5 Å². The van der Waals surface area contributed by atoms with E-state index in [1.165, 1.54) is 19.1 Å². The molecular formula is C19H29NO7S. The first-order valence-electron chi connectivity index (χ1n) is 9.12. The number of ether oxygens (including phenoxy) is 5. The van der Waals surface area contributed by atoms with Gasteiger partial charge in [0.25, 0.3) is 5.91 Å². The summed E-state index contributed by atoms with van der Waals surface area (Å²) >= 11 is 1.63. The van der Waals surface area contributed by atoms with E-state index in [-0.39, 0.29) is 37.3 Å². The lowest BCUT2D eigenvalue weighted by Crippen LogP contribution is -2.39. The monoisotopic (exact) mass is 415 g/mol. The highest BCUT2D eigenvalue weighted by Crippen LogP contribution is 2.34. The third-order valence-corrected chi connectivity index (χ3v) is 5.24. The van der Waals surface area contributed by atoms with Crippen molar-refractivity contribution in [1.29, 1.82) is 0 Å². The van der Waals surface area contributed by atoms with Gasteiger partial charge in [-0.15, -0.1) is 11.3 Å². The van der Waals surface area contributed by atoms with Gasteiger partial charge in [-0.1, -0.05) is 6.07 Å². The minimum absolute atomic E-state index is 0.0297. The van der Waals surface area contributed by atoms with Crippen molar-refractivity contribution in [3.8, 4) is 0 Å². The summed E-state index contributed by atoms with van der Waals surface area (Å²) in [6, 6.07) is 4.02. The summed E-state index contributed by atoms with van der Waals surface area (Å²) in [6.45, 7) is 1.17. The molecule has 9 heteroatoms. The van der Waals surface area contributed by atoms with Crippen molar-refractivity contribution in [2.45, 2.75) is 24.9 Å². The maximum absolute atomic E-state index is 12.9. The van der Waals surface area contributed by atoms with Crippen molar-refractivity contribution < 1.29 is 33.6 Å². The van der Waals surface area contributed by atoms with Crippen LogP contribution in [0.5, 0.6) is 0 Å². The Balaban J connectivity index is 2.03. The van der Waals surface area contributed by atoms with Gasteiger partial charge in [0.2, 0.25) is 6.29 Å². The first kappa shape index (κ1) is 22.8. The van der Waals surface area contributed by atoms with E-state index >= 15 is 0 Å². The van der Waals surface area contributed by atoms with Crippen LogP contribution >= 0.6 is 11.3 Å². The highest BCUT2D eigenvalue weighted by atomic mass is 32.1. The van der Waals surface area contributed by atoms with Gasteiger partial charge in [-0.25, -0.2) is 0 Å². The second kappa shape index (κ2) is 12.2. The molecule has 1 N–H and O–H groups in total. The molecule has 0 saturated carbocycles. The number of carbonyl (C=O) groups is 1. The van der Waals surface area contributed by atoms with E-state index in [0.29, 0.717) is 19.6 Å². The Morgan fingerprint density at radius 2 is 2.14 bits per heavy atom. The third-order valence-electron chi connectivity index (χ3n) is 4.24. The zero-order chi connectivity index (χ0) is 20.4. The molecule has 8 nitrogen and oxygen atoms in total. The van der Waals surface area contributed by atoms with Crippen LogP contribution in [0, 0.1) is 0 Å². The van der Waals surface area contributed by atoms with E-state index in [1.807, 2.05) is 23.6 Å². The topological polar surface area (TPSA) is 86.7 Å². The Morgan fingerprint density at radius 1 is 1.36 bits per heavy atom. The van der Waals surface area contributed by atoms with Gasteiger partial charge >= 0.3 is 0 Å². The van der Waals surface area contributed by atoms with Crippen molar-refractivity contribution in [2.75, 3.05) is 54.2 Å². The van der Waals surface area contributed by atoms with E-state index < -0.39 is 12.6 Å². The van der Waals surface area contributed by atoms with Gasteiger partial charge < -0.3 is 33.7 Å². The fraction of sp³-hybridized carbons (Fsp3) is 0.632. The molecule has 1 amide bonds. The van der Waals surface area contributed by atoms with Gasteiger partial charge in [0.05, 0.1) is 33.0 Å². The number of aliphatic hydroxyl groups is 1. The molecule has 28 heavy (non-hydrogen) atoms. The third kappa shape index (κ3) is 6.84. The lowest BCUT2D eigenvalue weighted by molar-refractivity contribution is -0.160. The molecule has 2 atom stereocenters. The molecule has 2 heterocycles. The molecule has 1 aliphatic heterocycles. The van der Waals surface area contributed by atoms with E-state index in [1.54, 1.807) is 18.4 Å². The predicted molar refractivity (Wildman–Crippen MR) is 104 cm³/mol. The number of hydrogen-bond acceptors (Lipinski definition) is 8. The predicted octanol–water partition coefficient (Wildman–Crippen LogP) is 1.56. The van der Waals surface area contributed by atoms with Crippen LogP contribution in [0.1, 0.15) is 17.2 Å². The zero-order valence-corrected chi connectivity index (χ0v) is 17.4. The molecule has 0 spiro atoms. The molecular weight excluding hydrogens is 386 g/mol. The van der Waals surface area contributed by atoms with Crippen molar-refractivity contribution in [3.63, 3.8) is 0 Å². The molecule has 2 rings (SSSR count). The molecule has 158 valence electrons. The number of thiophene rings is 1. The van der Waals surface area contributed by atoms with Crippen LogP contribution in [0.15, 0.2) is 29.3 Å². The van der Waals surface area contributed by atoms with Gasteiger partial charge in [-0.2, -0.15) is 0 Å². The number of aliphatic hydroxyl groups excluding tert-OH is 1. The van der Waals surface area contributed by atoms with Crippen LogP contribution in [0.25, 0.3) is 0 Å². The number of amides is 1. The summed E-state index contributed by atoms with van der Waals surface area (Å²) < 4.78 is 27.1. The number of allylic oxidation sites excluding steroid dienone is 1. The molecule has 0 bridgehead atoms. The first-order chi connectivity index (χ1) is 13.6. The summed E-state index contributed by atoms with van der Waals surface area (Å²) in [5.41, 5.74) is 0. The highest BCUT2D eigenvalue weighted by Gasteiger charge is 2.31. The summed E-state index contributed by atoms with van der Waals surface area (Å²) in [6.07, 6.45) is 1.39. The summed E-state index contributed by atoms with van der Waals surface area (Å²) in [5.74, 6) is 0.0231. The van der Waals surface area contributed by atoms with Crippen LogP contribution in [-0.2, 0) is 28.5 Å². The Hall–Kier alpha value is -1.49. The number of methoxy groups -OCH3 is 2. The van der Waals surface area contributed by atoms with Crippen molar-refractivity contribution >= 4 is 17.2 Å². The maximum atomic E-state index is 12.9. The maximum Gasteiger partial charge on any atom is 0.288 e. The lowest BCUT2D eigenvalue weighted by atomic mass is 9.99. The largest absolute Gasteiger partial charge is 0.459 e. The van der Waals surface area contributed by atoms with Gasteiger partial charge in [0.15, 0.2) is 12.0 Å². The number of carbonyl (C=O) groups excluding carboxylic acids is 1. The zero-order valence-electron chi connectivity index (χ0n) is 16.5. The van der Waals surface area contributed by atoms with Crippen LogP contribution in [0.4, 0.5) is 0 Å². The van der Waals surface area contributed by atoms with Crippen molar-refractivity contribution in [2.24, 2.45) is 0 Å². The van der Waals surface area contributed by atoms with Crippen molar-refractivity contribution in [3.05, 3.63) is 34.2 Å². The van der Waals surface area contributed by atoms with Crippen molar-refractivity contribution in [1.82, 2.24) is 4.90 Å². The molecule has 0 saturated heterocycles. The van der Waals surface area contributed by atoms with Crippen LogP contribution in [0.3, 0.4) is 0 Å². The SMILES string of the molecule is COC(CN(C)C(=O)C1=C[C@@H](c2cccs2)C[C@@H](OCCOCCO)O1)OC. The average Bonchev–Trinajstić information content (AvgIpc) is 3.26. The summed E-state index contributed by atoms with van der Waals surface area (Å²) in [4.78, 5) is 15.5. The van der Waals surface area contributed by atoms with E-state index in [0.717, 1.165) is 4.88 Å². The number of rotatable bonds is 12. The molecule has 1 aliphatic rings. The smallest absolute Gasteiger partial charge is 0.288 e. The van der Waals surface area contributed by atoms with E-state index in [4.69, 9.17) is 28.8 Å². The van der Waals surface area contributed by atoms with Gasteiger partial charge in [-0.3, -0.25) is 4.79 Å².